The van der Waals surface area contributed by atoms with Gasteiger partial charge in [0.05, 0.1) is 0 Å². The average molecular weight is 246 g/mol. The molecule has 1 saturated carbocycles. The van der Waals surface area contributed by atoms with Crippen LogP contribution in [0.3, 0.4) is 0 Å². The smallest absolute Gasteiger partial charge is 0.119 e. The van der Waals surface area contributed by atoms with Crippen molar-refractivity contribution in [2.75, 3.05) is 18.8 Å². The number of hydrogen-bond donors (Lipinski definition) is 1. The number of nitrogens with two attached hydrogens (primary N) is 1. The van der Waals surface area contributed by atoms with Crippen molar-refractivity contribution in [2.24, 2.45) is 5.92 Å². The van der Waals surface area contributed by atoms with Crippen LogP contribution < -0.4 is 10.5 Å². The van der Waals surface area contributed by atoms with Crippen molar-refractivity contribution in [3.05, 3.63) is 24.3 Å². The number of nitrogens with zero attached hydrogens (tertiary/aromatic N) is 1. The third-order valence-corrected chi connectivity index (χ3v) is 4.44. The molecule has 1 aliphatic heterocycles. The topological polar surface area (TPSA) is 38.5 Å². The maximum absolute atomic E-state index is 6.15. The van der Waals surface area contributed by atoms with E-state index in [1.165, 1.54) is 32.4 Å². The van der Waals surface area contributed by atoms with E-state index in [4.69, 9.17) is 10.5 Å². The fraction of sp³-hybridized carbons (Fsp3) is 0.600. The van der Waals surface area contributed by atoms with Gasteiger partial charge in [-0.3, -0.25) is 0 Å². The van der Waals surface area contributed by atoms with Crippen LogP contribution in [-0.4, -0.2) is 30.1 Å². The Balaban J connectivity index is 1.66. The van der Waals surface area contributed by atoms with Gasteiger partial charge in [0.15, 0.2) is 0 Å². The predicted octanol–water partition coefficient (Wildman–Crippen LogP) is 2.52. The molecule has 1 heterocycles. The molecule has 98 valence electrons. The number of hydrogen-bond acceptors (Lipinski definition) is 3. The second-order valence-corrected chi connectivity index (χ2v) is 5.54. The molecule has 0 radical (unpaired) electrons. The number of rotatable bonds is 3. The average Bonchev–Trinajstić information content (AvgIpc) is 2.73. The molecule has 2 fully saturated rings. The van der Waals surface area contributed by atoms with E-state index in [1.54, 1.807) is 0 Å². The fourth-order valence-electron chi connectivity index (χ4n) is 3.45. The lowest BCUT2D eigenvalue weighted by atomic mass is 9.87. The van der Waals surface area contributed by atoms with Crippen LogP contribution in [0.1, 0.15) is 26.2 Å². The van der Waals surface area contributed by atoms with Gasteiger partial charge in [-0.05, 0) is 50.1 Å². The third-order valence-electron chi connectivity index (χ3n) is 4.44. The Morgan fingerprint density at radius 3 is 2.78 bits per heavy atom. The van der Waals surface area contributed by atoms with Crippen LogP contribution in [0.5, 0.6) is 5.75 Å². The van der Waals surface area contributed by atoms with Gasteiger partial charge in [0.2, 0.25) is 0 Å². The van der Waals surface area contributed by atoms with Crippen molar-refractivity contribution < 1.29 is 4.74 Å². The number of nitrogen functional groups attached to an aromatic ring is 1. The summed E-state index contributed by atoms with van der Waals surface area (Å²) in [6, 6.07) is 8.59. The Hall–Kier alpha value is -1.22. The van der Waals surface area contributed by atoms with E-state index in [2.05, 4.69) is 11.8 Å². The van der Waals surface area contributed by atoms with E-state index in [0.717, 1.165) is 17.5 Å². The first kappa shape index (κ1) is 11.8. The minimum Gasteiger partial charge on any atom is -0.490 e. The molecule has 1 aliphatic carbocycles. The minimum atomic E-state index is 0.390. The van der Waals surface area contributed by atoms with Crippen molar-refractivity contribution in [3.63, 3.8) is 0 Å². The Bertz CT molecular complexity index is 403. The highest BCUT2D eigenvalue weighted by Gasteiger charge is 2.41. The van der Waals surface area contributed by atoms with Gasteiger partial charge in [-0.1, -0.05) is 6.92 Å². The summed E-state index contributed by atoms with van der Waals surface area (Å²) in [6.45, 7) is 4.65. The Morgan fingerprint density at radius 2 is 2.06 bits per heavy atom. The highest BCUT2D eigenvalue weighted by molar-refractivity contribution is 5.41. The molecule has 0 aromatic heterocycles. The molecule has 1 aromatic rings. The molecule has 3 rings (SSSR count). The highest BCUT2D eigenvalue weighted by Crippen LogP contribution is 2.37. The summed E-state index contributed by atoms with van der Waals surface area (Å²) in [5.74, 6) is 1.67. The quantitative estimate of drug-likeness (QED) is 0.833. The van der Waals surface area contributed by atoms with Crippen molar-refractivity contribution in [2.45, 2.75) is 38.3 Å². The van der Waals surface area contributed by atoms with Gasteiger partial charge in [-0.25, -0.2) is 0 Å². The maximum Gasteiger partial charge on any atom is 0.119 e. The number of likely N-dealkylation sites (tertiary alicyclic amines) is 1. The van der Waals surface area contributed by atoms with Crippen LogP contribution in [0.2, 0.25) is 0 Å². The van der Waals surface area contributed by atoms with Crippen LogP contribution in [0.25, 0.3) is 0 Å². The summed E-state index contributed by atoms with van der Waals surface area (Å²) in [6.07, 6.45) is 4.18. The summed E-state index contributed by atoms with van der Waals surface area (Å²) in [4.78, 5) is 2.61. The molecule has 18 heavy (non-hydrogen) atoms. The second-order valence-electron chi connectivity index (χ2n) is 5.54. The number of anilines is 1. The lowest BCUT2D eigenvalue weighted by Crippen LogP contribution is -2.31. The van der Waals surface area contributed by atoms with Gasteiger partial charge in [0.25, 0.3) is 0 Å². The normalized spacial score (nSPS) is 31.5. The summed E-state index contributed by atoms with van der Waals surface area (Å²) in [5.41, 5.74) is 6.49. The SMILES string of the molecule is CCN1CC2CC1CCC2Oc1ccc(N)cc1. The van der Waals surface area contributed by atoms with Crippen molar-refractivity contribution in [1.82, 2.24) is 4.90 Å². The number of benzene rings is 1. The first-order valence-corrected chi connectivity index (χ1v) is 7.02. The Labute approximate surface area is 109 Å². The van der Waals surface area contributed by atoms with Crippen molar-refractivity contribution in [3.8, 4) is 5.75 Å². The summed E-state index contributed by atoms with van der Waals surface area (Å²) < 4.78 is 6.15. The molecule has 0 amide bonds. The van der Waals surface area contributed by atoms with Crippen LogP contribution >= 0.6 is 0 Å². The largest absolute Gasteiger partial charge is 0.490 e. The molecule has 3 atom stereocenters. The predicted molar refractivity (Wildman–Crippen MR) is 73.6 cm³/mol. The van der Waals surface area contributed by atoms with Crippen LogP contribution in [0.4, 0.5) is 5.69 Å². The van der Waals surface area contributed by atoms with E-state index >= 15 is 0 Å². The van der Waals surface area contributed by atoms with Gasteiger partial charge in [-0.15, -0.1) is 0 Å². The summed E-state index contributed by atoms with van der Waals surface area (Å²) in [5, 5.41) is 0. The number of ether oxygens (including phenoxy) is 1. The molecular weight excluding hydrogens is 224 g/mol. The molecule has 3 nitrogen and oxygen atoms in total. The zero-order valence-corrected chi connectivity index (χ0v) is 11.0. The highest BCUT2D eigenvalue weighted by atomic mass is 16.5. The first-order chi connectivity index (χ1) is 8.76. The first-order valence-electron chi connectivity index (χ1n) is 7.02. The zero-order chi connectivity index (χ0) is 12.5. The Kier molecular flexibility index (Phi) is 3.16. The number of fused-ring (bicyclic) bond motifs is 2. The van der Waals surface area contributed by atoms with E-state index in [-0.39, 0.29) is 0 Å². The lowest BCUT2D eigenvalue weighted by molar-refractivity contribution is 0.113. The monoisotopic (exact) mass is 246 g/mol. The molecule has 3 heteroatoms. The standard InChI is InChI=1S/C15H22N2O/c1-2-17-10-11-9-13(17)5-8-15(11)18-14-6-3-12(16)4-7-14/h3-4,6-7,11,13,15H,2,5,8-10,16H2,1H3. The van der Waals surface area contributed by atoms with E-state index in [1.807, 2.05) is 24.3 Å². The third kappa shape index (κ3) is 2.19. The molecule has 2 aliphatic rings. The van der Waals surface area contributed by atoms with E-state index < -0.39 is 0 Å². The fourth-order valence-corrected chi connectivity index (χ4v) is 3.45. The molecule has 3 unspecified atom stereocenters. The van der Waals surface area contributed by atoms with Gasteiger partial charge >= 0.3 is 0 Å². The molecule has 1 saturated heterocycles. The molecule has 0 spiro atoms. The molecule has 1 aromatic carbocycles. The molecule has 2 bridgehead atoms. The summed E-state index contributed by atoms with van der Waals surface area (Å²) >= 11 is 0. The maximum atomic E-state index is 6.15. The minimum absolute atomic E-state index is 0.390. The van der Waals surface area contributed by atoms with Gasteiger partial charge in [0, 0.05) is 24.2 Å². The zero-order valence-electron chi connectivity index (χ0n) is 11.0. The van der Waals surface area contributed by atoms with Gasteiger partial charge in [-0.2, -0.15) is 0 Å². The Morgan fingerprint density at radius 1 is 1.28 bits per heavy atom. The van der Waals surface area contributed by atoms with E-state index in [0.29, 0.717) is 12.0 Å². The van der Waals surface area contributed by atoms with Crippen LogP contribution in [-0.2, 0) is 0 Å². The van der Waals surface area contributed by atoms with Crippen LogP contribution in [0.15, 0.2) is 24.3 Å². The van der Waals surface area contributed by atoms with Crippen molar-refractivity contribution >= 4 is 5.69 Å². The summed E-state index contributed by atoms with van der Waals surface area (Å²) in [7, 11) is 0. The lowest BCUT2D eigenvalue weighted by Gasteiger charge is -2.29. The van der Waals surface area contributed by atoms with E-state index in [9.17, 15) is 0 Å². The molecular formula is C15H22N2O. The second kappa shape index (κ2) is 4.81. The molecule has 2 N–H and O–H groups in total. The van der Waals surface area contributed by atoms with Gasteiger partial charge in [0.1, 0.15) is 11.9 Å². The van der Waals surface area contributed by atoms with Gasteiger partial charge < -0.3 is 15.4 Å². The van der Waals surface area contributed by atoms with Crippen molar-refractivity contribution in [1.29, 1.82) is 0 Å². The van der Waals surface area contributed by atoms with Crippen LogP contribution in [0, 0.1) is 5.92 Å².